The Bertz CT molecular complexity index is 1320. The van der Waals surface area contributed by atoms with Crippen molar-refractivity contribution in [2.45, 2.75) is 75.3 Å². The van der Waals surface area contributed by atoms with Crippen LogP contribution in [-0.2, 0) is 20.0 Å². The number of unbranched alkanes of at least 4 members (excludes halogenated alkanes) is 2. The van der Waals surface area contributed by atoms with Crippen LogP contribution in [0.5, 0.6) is 11.5 Å². The topological polar surface area (TPSA) is 93.2 Å². The quantitative estimate of drug-likeness (QED) is 0.0881. The summed E-state index contributed by atoms with van der Waals surface area (Å²) in [5.74, 6) is 7.04. The Morgan fingerprint density at radius 3 is 1.32 bits per heavy atom. The molecule has 0 aliphatic rings. The van der Waals surface area contributed by atoms with E-state index in [1.165, 1.54) is 54.5 Å². The molecule has 0 heterocycles. The molecule has 0 spiro atoms. The van der Waals surface area contributed by atoms with Crippen molar-refractivity contribution in [2.75, 3.05) is 37.8 Å². The van der Waals surface area contributed by atoms with Gasteiger partial charge in [-0.2, -0.15) is 8.61 Å². The number of benzene rings is 2. The Kier molecular flexibility index (Phi) is 16.6. The van der Waals surface area contributed by atoms with Crippen LogP contribution in [0.3, 0.4) is 0 Å². The Labute approximate surface area is 273 Å². The minimum absolute atomic E-state index is 0.0729. The number of hydrogen-bond acceptors (Lipinski definition) is 8. The standard InChI is InChI=1S/C32H44N2O6S4/c1-7-11-23-39-29-13-17-31(18-14-29)43(35,36)33(21-9-3)27(5)25-41-42-26-28(6)34(22-10-4)44(37,38)32-19-15-30(16-20-32)40-24-12-8-2/h3-4,13-20,27-28H,7-8,11-12,21-26H2,1-2,5-6H3/t27-,28-/m1/s1. The summed E-state index contributed by atoms with van der Waals surface area (Å²) in [5, 5.41) is 0. The summed E-state index contributed by atoms with van der Waals surface area (Å²) in [6.45, 7) is 8.75. The van der Waals surface area contributed by atoms with Gasteiger partial charge in [-0.1, -0.05) is 60.1 Å². The van der Waals surface area contributed by atoms with Gasteiger partial charge in [0, 0.05) is 23.6 Å². The smallest absolute Gasteiger partial charge is 0.244 e. The van der Waals surface area contributed by atoms with Crippen molar-refractivity contribution in [1.82, 2.24) is 8.61 Å². The van der Waals surface area contributed by atoms with Gasteiger partial charge in [0.15, 0.2) is 0 Å². The molecule has 2 aromatic carbocycles. The molecule has 0 fully saturated rings. The van der Waals surface area contributed by atoms with Crippen molar-refractivity contribution in [1.29, 1.82) is 0 Å². The molecule has 0 aliphatic carbocycles. The van der Waals surface area contributed by atoms with E-state index in [4.69, 9.17) is 22.3 Å². The molecule has 0 saturated carbocycles. The van der Waals surface area contributed by atoms with Gasteiger partial charge in [-0.05, 0) is 75.2 Å². The molecule has 0 unspecified atom stereocenters. The average Bonchev–Trinajstić information content (AvgIpc) is 3.01. The minimum atomic E-state index is -3.84. The van der Waals surface area contributed by atoms with Crippen molar-refractivity contribution >= 4 is 41.6 Å². The summed E-state index contributed by atoms with van der Waals surface area (Å²) < 4.78 is 67.7. The van der Waals surface area contributed by atoms with E-state index in [-0.39, 0.29) is 22.9 Å². The van der Waals surface area contributed by atoms with Gasteiger partial charge in [0.1, 0.15) is 11.5 Å². The van der Waals surface area contributed by atoms with Crippen molar-refractivity contribution in [3.05, 3.63) is 48.5 Å². The molecule has 0 saturated heterocycles. The molecule has 0 radical (unpaired) electrons. The number of ether oxygens (including phenoxy) is 2. The summed E-state index contributed by atoms with van der Waals surface area (Å²) >= 11 is 0. The van der Waals surface area contributed by atoms with E-state index in [1.54, 1.807) is 38.1 Å². The SMILES string of the molecule is C#CCN([C@H](C)CSSC[C@@H](C)N(CC#C)S(=O)(=O)c1ccc(OCCCC)cc1)S(=O)(=O)c1ccc(OCCCC)cc1. The van der Waals surface area contributed by atoms with Crippen LogP contribution >= 0.6 is 21.6 Å². The molecule has 0 aliphatic heterocycles. The number of hydrogen-bond donors (Lipinski definition) is 0. The summed E-state index contributed by atoms with van der Waals surface area (Å²) in [5.41, 5.74) is 0. The number of sulfonamides is 2. The third kappa shape index (κ3) is 11.2. The number of nitrogens with zero attached hydrogens (tertiary/aromatic N) is 2. The second-order valence-corrected chi connectivity index (χ2v) is 16.5. The zero-order chi connectivity index (χ0) is 32.6. The summed E-state index contributed by atoms with van der Waals surface area (Å²) in [4.78, 5) is 0.286. The average molecular weight is 681 g/mol. The molecule has 2 atom stereocenters. The van der Waals surface area contributed by atoms with Crippen molar-refractivity contribution in [3.8, 4) is 36.2 Å². The highest BCUT2D eigenvalue weighted by atomic mass is 33.1. The van der Waals surface area contributed by atoms with E-state index in [0.717, 1.165) is 25.7 Å². The highest BCUT2D eigenvalue weighted by Gasteiger charge is 2.30. The van der Waals surface area contributed by atoms with Crippen LogP contribution in [0.25, 0.3) is 0 Å². The van der Waals surface area contributed by atoms with Gasteiger partial charge in [0.25, 0.3) is 0 Å². The van der Waals surface area contributed by atoms with E-state index in [0.29, 0.717) is 36.2 Å². The first-order valence-electron chi connectivity index (χ1n) is 14.6. The number of terminal acetylenes is 2. The van der Waals surface area contributed by atoms with Crippen LogP contribution in [0.15, 0.2) is 58.3 Å². The molecule has 0 bridgehead atoms. The maximum absolute atomic E-state index is 13.4. The van der Waals surface area contributed by atoms with Gasteiger partial charge >= 0.3 is 0 Å². The van der Waals surface area contributed by atoms with Crippen LogP contribution in [0, 0.1) is 24.7 Å². The highest BCUT2D eigenvalue weighted by molar-refractivity contribution is 8.76. The lowest BCUT2D eigenvalue weighted by Gasteiger charge is -2.28. The van der Waals surface area contributed by atoms with E-state index >= 15 is 0 Å². The molecule has 2 rings (SSSR count). The van der Waals surface area contributed by atoms with Gasteiger partial charge in [-0.25, -0.2) is 16.8 Å². The fourth-order valence-corrected chi connectivity index (χ4v) is 9.93. The third-order valence-electron chi connectivity index (χ3n) is 6.57. The van der Waals surface area contributed by atoms with Crippen LogP contribution in [-0.4, -0.2) is 75.3 Å². The van der Waals surface area contributed by atoms with Crippen LogP contribution in [0.2, 0.25) is 0 Å². The highest BCUT2D eigenvalue weighted by Crippen LogP contribution is 2.30. The molecule has 0 amide bonds. The Hall–Kier alpha value is -2.32. The predicted octanol–water partition coefficient (Wildman–Crippen LogP) is 6.15. The van der Waals surface area contributed by atoms with Crippen LogP contribution in [0.1, 0.15) is 53.4 Å². The summed E-state index contributed by atoms with van der Waals surface area (Å²) in [6.07, 6.45) is 14.9. The second kappa shape index (κ2) is 19.3. The predicted molar refractivity (Wildman–Crippen MR) is 183 cm³/mol. The Morgan fingerprint density at radius 2 is 1.02 bits per heavy atom. The molecular formula is C32H44N2O6S4. The molecule has 44 heavy (non-hydrogen) atoms. The van der Waals surface area contributed by atoms with E-state index < -0.39 is 32.1 Å². The van der Waals surface area contributed by atoms with Crippen molar-refractivity contribution < 1.29 is 26.3 Å². The first-order valence-corrected chi connectivity index (χ1v) is 20.0. The zero-order valence-corrected chi connectivity index (χ0v) is 29.2. The van der Waals surface area contributed by atoms with Gasteiger partial charge in [-0.15, -0.1) is 12.8 Å². The first kappa shape index (κ1) is 37.9. The summed E-state index contributed by atoms with van der Waals surface area (Å²) in [7, 11) is -4.78. The Morgan fingerprint density at radius 1 is 0.682 bits per heavy atom. The molecule has 12 heteroatoms. The Balaban J connectivity index is 2.01. The van der Waals surface area contributed by atoms with Crippen molar-refractivity contribution in [2.24, 2.45) is 0 Å². The largest absolute Gasteiger partial charge is 0.494 e. The van der Waals surface area contributed by atoms with Crippen LogP contribution < -0.4 is 9.47 Å². The number of rotatable bonds is 21. The van der Waals surface area contributed by atoms with Gasteiger partial charge < -0.3 is 9.47 Å². The maximum Gasteiger partial charge on any atom is 0.244 e. The van der Waals surface area contributed by atoms with E-state index in [2.05, 4.69) is 25.7 Å². The third-order valence-corrected chi connectivity index (χ3v) is 13.2. The molecule has 2 aromatic rings. The fourth-order valence-electron chi connectivity index (χ4n) is 3.95. The fraction of sp³-hybridized carbons (Fsp3) is 0.500. The second-order valence-electron chi connectivity index (χ2n) is 10.1. The summed E-state index contributed by atoms with van der Waals surface area (Å²) in [6, 6.07) is 11.9. The molecule has 0 N–H and O–H groups in total. The lowest BCUT2D eigenvalue weighted by Crippen LogP contribution is -2.40. The lowest BCUT2D eigenvalue weighted by atomic mass is 10.3. The minimum Gasteiger partial charge on any atom is -0.494 e. The lowest BCUT2D eigenvalue weighted by molar-refractivity contribution is 0.309. The molecular weight excluding hydrogens is 637 g/mol. The normalized spacial score (nSPS) is 13.3. The maximum atomic E-state index is 13.4. The van der Waals surface area contributed by atoms with E-state index in [9.17, 15) is 16.8 Å². The molecule has 8 nitrogen and oxygen atoms in total. The molecule has 0 aromatic heterocycles. The van der Waals surface area contributed by atoms with Gasteiger partial charge in [-0.3, -0.25) is 0 Å². The van der Waals surface area contributed by atoms with Gasteiger partial charge in [0.2, 0.25) is 20.0 Å². The monoisotopic (exact) mass is 680 g/mol. The zero-order valence-electron chi connectivity index (χ0n) is 26.0. The first-order chi connectivity index (χ1) is 21.0. The molecule has 242 valence electrons. The van der Waals surface area contributed by atoms with Crippen molar-refractivity contribution in [3.63, 3.8) is 0 Å². The van der Waals surface area contributed by atoms with Gasteiger partial charge in [0.05, 0.1) is 36.1 Å². The van der Waals surface area contributed by atoms with E-state index in [1.807, 2.05) is 0 Å². The van der Waals surface area contributed by atoms with Crippen LogP contribution in [0.4, 0.5) is 0 Å².